The van der Waals surface area contributed by atoms with Crippen molar-refractivity contribution in [2.24, 2.45) is 0 Å². The van der Waals surface area contributed by atoms with Crippen LogP contribution < -0.4 is 5.32 Å². The molecule has 1 N–H and O–H groups in total. The Balaban J connectivity index is 2.41. The average Bonchev–Trinajstić information content (AvgIpc) is 2.39. The van der Waals surface area contributed by atoms with Gasteiger partial charge in [-0.3, -0.25) is 0 Å². The lowest BCUT2D eigenvalue weighted by molar-refractivity contribution is -0.144. The normalized spacial score (nSPS) is 11.0. The fourth-order valence-electron chi connectivity index (χ4n) is 1.46. The minimum absolute atomic E-state index is 0.0849. The summed E-state index contributed by atoms with van der Waals surface area (Å²) in [5.74, 6) is -2.32. The number of nitrogens with one attached hydrogen (secondary N) is 1. The summed E-state index contributed by atoms with van der Waals surface area (Å²) in [4.78, 5) is 6.33. The summed E-state index contributed by atoms with van der Waals surface area (Å²) in [7, 11) is 0. The van der Waals surface area contributed by atoms with Gasteiger partial charge in [-0.15, -0.1) is 0 Å². The number of nitriles is 1. The Bertz CT molecular complexity index is 724. The molecule has 108 valence electrons. The molecule has 0 aliphatic heterocycles. The molecule has 2 rings (SSSR count). The molecule has 0 atom stereocenters. The zero-order valence-electron chi connectivity index (χ0n) is 10.0. The second-order valence-electron chi connectivity index (χ2n) is 3.82. The summed E-state index contributed by atoms with van der Waals surface area (Å²) in [5, 5.41) is 10.9. The zero-order chi connectivity index (χ0) is 15.6. The number of alkyl halides is 3. The topological polar surface area (TPSA) is 61.6 Å². The largest absolute Gasteiger partial charge is 0.451 e. The Morgan fingerprint density at radius 2 is 1.90 bits per heavy atom. The van der Waals surface area contributed by atoms with E-state index in [0.717, 1.165) is 18.2 Å². The van der Waals surface area contributed by atoms with E-state index in [9.17, 15) is 17.6 Å². The molecule has 0 radical (unpaired) electrons. The summed E-state index contributed by atoms with van der Waals surface area (Å²) >= 11 is 5.51. The van der Waals surface area contributed by atoms with Gasteiger partial charge in [-0.05, 0) is 18.2 Å². The van der Waals surface area contributed by atoms with Crippen molar-refractivity contribution in [2.45, 2.75) is 6.18 Å². The van der Waals surface area contributed by atoms with Crippen molar-refractivity contribution in [3.05, 3.63) is 46.6 Å². The molecule has 2 aromatic rings. The number of halogens is 5. The van der Waals surface area contributed by atoms with Crippen LogP contribution in [-0.4, -0.2) is 9.97 Å². The number of anilines is 2. The van der Waals surface area contributed by atoms with Crippen molar-refractivity contribution in [2.75, 3.05) is 5.32 Å². The van der Waals surface area contributed by atoms with E-state index in [4.69, 9.17) is 16.9 Å². The van der Waals surface area contributed by atoms with Gasteiger partial charge in [0.1, 0.15) is 22.9 Å². The van der Waals surface area contributed by atoms with Gasteiger partial charge in [0.2, 0.25) is 5.82 Å². The molecule has 1 aromatic carbocycles. The molecule has 0 spiro atoms. The first-order valence-electron chi connectivity index (χ1n) is 5.38. The third-order valence-corrected chi connectivity index (χ3v) is 2.51. The SMILES string of the molecule is N#Cc1cc(F)ccc1Nc1cc(Cl)nc(C(F)(F)F)n1. The molecule has 21 heavy (non-hydrogen) atoms. The van der Waals surface area contributed by atoms with E-state index in [1.807, 2.05) is 0 Å². The predicted molar refractivity (Wildman–Crippen MR) is 66.4 cm³/mol. The maximum Gasteiger partial charge on any atom is 0.451 e. The molecule has 4 nitrogen and oxygen atoms in total. The summed E-state index contributed by atoms with van der Waals surface area (Å²) < 4.78 is 50.7. The van der Waals surface area contributed by atoms with Gasteiger partial charge in [-0.25, -0.2) is 14.4 Å². The summed E-state index contributed by atoms with van der Waals surface area (Å²) in [6, 6.07) is 5.97. The molecular formula is C12H5ClF4N4. The number of hydrogen-bond acceptors (Lipinski definition) is 4. The Morgan fingerprint density at radius 3 is 2.52 bits per heavy atom. The lowest BCUT2D eigenvalue weighted by atomic mass is 10.2. The van der Waals surface area contributed by atoms with Crippen LogP contribution in [0.25, 0.3) is 0 Å². The maximum absolute atomic E-state index is 13.0. The highest BCUT2D eigenvalue weighted by molar-refractivity contribution is 6.29. The fraction of sp³-hybridized carbons (Fsp3) is 0.0833. The van der Waals surface area contributed by atoms with Gasteiger partial charge in [-0.2, -0.15) is 18.4 Å². The molecule has 9 heteroatoms. The van der Waals surface area contributed by atoms with Gasteiger partial charge in [-0.1, -0.05) is 11.6 Å². The van der Waals surface area contributed by atoms with Crippen molar-refractivity contribution >= 4 is 23.1 Å². The second-order valence-corrected chi connectivity index (χ2v) is 4.21. The van der Waals surface area contributed by atoms with Crippen LogP contribution in [0.15, 0.2) is 24.3 Å². The molecule has 0 saturated carbocycles. The smallest absolute Gasteiger partial charge is 0.339 e. The minimum atomic E-state index is -4.76. The molecule has 1 aromatic heterocycles. The second kappa shape index (κ2) is 5.54. The lowest BCUT2D eigenvalue weighted by Gasteiger charge is -2.10. The zero-order valence-corrected chi connectivity index (χ0v) is 10.8. The van der Waals surface area contributed by atoms with Crippen molar-refractivity contribution < 1.29 is 17.6 Å². The third-order valence-electron chi connectivity index (χ3n) is 2.31. The van der Waals surface area contributed by atoms with Crippen molar-refractivity contribution in [1.29, 1.82) is 5.26 Å². The molecule has 0 unspecified atom stereocenters. The number of benzene rings is 1. The lowest BCUT2D eigenvalue weighted by Crippen LogP contribution is -2.12. The highest BCUT2D eigenvalue weighted by atomic mass is 35.5. The monoisotopic (exact) mass is 316 g/mol. The first-order chi connectivity index (χ1) is 9.79. The summed E-state index contributed by atoms with van der Waals surface area (Å²) in [5.41, 5.74) is 0.0140. The first-order valence-corrected chi connectivity index (χ1v) is 5.76. The van der Waals surface area contributed by atoms with E-state index in [2.05, 4.69) is 15.3 Å². The number of aromatic nitrogens is 2. The van der Waals surface area contributed by atoms with Gasteiger partial charge >= 0.3 is 6.18 Å². The van der Waals surface area contributed by atoms with Crippen LogP contribution in [0.5, 0.6) is 0 Å². The fourth-order valence-corrected chi connectivity index (χ4v) is 1.65. The van der Waals surface area contributed by atoms with Gasteiger partial charge in [0.15, 0.2) is 0 Å². The van der Waals surface area contributed by atoms with E-state index in [-0.39, 0.29) is 17.1 Å². The van der Waals surface area contributed by atoms with Crippen molar-refractivity contribution in [3.63, 3.8) is 0 Å². The summed E-state index contributed by atoms with van der Waals surface area (Å²) in [6.07, 6.45) is -4.76. The molecule has 0 aliphatic carbocycles. The average molecular weight is 317 g/mol. The molecule has 0 saturated heterocycles. The van der Waals surface area contributed by atoms with Crippen LogP contribution in [0.4, 0.5) is 29.1 Å². The van der Waals surface area contributed by atoms with E-state index in [1.165, 1.54) is 6.07 Å². The van der Waals surface area contributed by atoms with Gasteiger partial charge in [0, 0.05) is 6.07 Å². The van der Waals surface area contributed by atoms with E-state index < -0.39 is 23.0 Å². The highest BCUT2D eigenvalue weighted by Crippen LogP contribution is 2.29. The molecule has 1 heterocycles. The van der Waals surface area contributed by atoms with Gasteiger partial charge in [0.05, 0.1) is 11.3 Å². The van der Waals surface area contributed by atoms with Crippen LogP contribution in [0.1, 0.15) is 11.4 Å². The van der Waals surface area contributed by atoms with E-state index >= 15 is 0 Å². The van der Waals surface area contributed by atoms with E-state index in [1.54, 1.807) is 6.07 Å². The molecular weight excluding hydrogens is 312 g/mol. The van der Waals surface area contributed by atoms with Crippen LogP contribution >= 0.6 is 11.6 Å². The Hall–Kier alpha value is -2.40. The Kier molecular flexibility index (Phi) is 3.95. The third kappa shape index (κ3) is 3.58. The van der Waals surface area contributed by atoms with Gasteiger partial charge in [0.25, 0.3) is 0 Å². The van der Waals surface area contributed by atoms with Crippen LogP contribution in [0.3, 0.4) is 0 Å². The van der Waals surface area contributed by atoms with Crippen LogP contribution in [0.2, 0.25) is 5.15 Å². The van der Waals surface area contributed by atoms with E-state index in [0.29, 0.717) is 0 Å². The highest BCUT2D eigenvalue weighted by Gasteiger charge is 2.35. The standard InChI is InChI=1S/C12H5ClF4N4/c13-9-4-10(21-11(20-9)12(15,16)17)19-8-2-1-7(14)3-6(8)5-18/h1-4H,(H,19,20,21). The molecule has 0 fully saturated rings. The number of hydrogen-bond donors (Lipinski definition) is 1. The maximum atomic E-state index is 13.0. The molecule has 0 bridgehead atoms. The Morgan fingerprint density at radius 1 is 1.19 bits per heavy atom. The summed E-state index contributed by atoms with van der Waals surface area (Å²) in [6.45, 7) is 0. The predicted octanol–water partition coefficient (Wildman–Crippen LogP) is 3.90. The number of rotatable bonds is 2. The van der Waals surface area contributed by atoms with Crippen LogP contribution in [-0.2, 0) is 6.18 Å². The molecule has 0 amide bonds. The quantitative estimate of drug-likeness (QED) is 0.674. The Labute approximate surface area is 121 Å². The molecule has 0 aliphatic rings. The van der Waals surface area contributed by atoms with Crippen molar-refractivity contribution in [1.82, 2.24) is 9.97 Å². The van der Waals surface area contributed by atoms with Crippen molar-refractivity contribution in [3.8, 4) is 6.07 Å². The minimum Gasteiger partial charge on any atom is -0.339 e. The number of nitrogens with zero attached hydrogens (tertiary/aromatic N) is 3. The van der Waals surface area contributed by atoms with Gasteiger partial charge < -0.3 is 5.32 Å². The van der Waals surface area contributed by atoms with Crippen LogP contribution in [0, 0.1) is 17.1 Å². The first kappa shape index (κ1) is 15.0.